The Morgan fingerprint density at radius 2 is 2.00 bits per heavy atom. The number of hydrogen-bond donors (Lipinski definition) is 0. The summed E-state index contributed by atoms with van der Waals surface area (Å²) in [6.45, 7) is 2.02. The summed E-state index contributed by atoms with van der Waals surface area (Å²) in [7, 11) is 0. The summed E-state index contributed by atoms with van der Waals surface area (Å²) in [4.78, 5) is 13.6. The average molecular weight is 313 g/mol. The molecular weight excluding hydrogens is 302 g/mol. The van der Waals surface area contributed by atoms with E-state index in [1.165, 1.54) is 17.2 Å². The van der Waals surface area contributed by atoms with Crippen molar-refractivity contribution in [2.45, 2.75) is 19.1 Å². The highest BCUT2D eigenvalue weighted by Crippen LogP contribution is 2.34. The summed E-state index contributed by atoms with van der Waals surface area (Å²) in [5.41, 5.74) is -0.937. The Balaban J connectivity index is 1.99. The molecule has 1 amide bonds. The lowest BCUT2D eigenvalue weighted by atomic mass is 10.1. The number of hydrogen-bond acceptors (Lipinski definition) is 2. The van der Waals surface area contributed by atoms with Crippen LogP contribution in [0, 0.1) is 5.82 Å². The molecule has 0 N–H and O–H groups in total. The Morgan fingerprint density at radius 3 is 2.64 bits per heavy atom. The number of benzene rings is 1. The Labute approximate surface area is 122 Å². The van der Waals surface area contributed by atoms with E-state index in [9.17, 15) is 22.4 Å². The van der Waals surface area contributed by atoms with Crippen molar-refractivity contribution in [1.82, 2.24) is 9.78 Å². The number of rotatable bonds is 1. The van der Waals surface area contributed by atoms with Gasteiger partial charge in [0.05, 0.1) is 11.6 Å². The second-order valence-corrected chi connectivity index (χ2v) is 5.09. The molecule has 1 aliphatic rings. The van der Waals surface area contributed by atoms with E-state index in [4.69, 9.17) is 0 Å². The summed E-state index contributed by atoms with van der Waals surface area (Å²) < 4.78 is 53.0. The Morgan fingerprint density at radius 1 is 1.27 bits per heavy atom. The van der Waals surface area contributed by atoms with Gasteiger partial charge in [-0.3, -0.25) is 9.48 Å². The quantitative estimate of drug-likeness (QED) is 0.758. The number of amides is 1. The molecule has 2 aromatic rings. The predicted molar refractivity (Wildman–Crippen MR) is 70.0 cm³/mol. The number of carbonyl (C=O) groups is 1. The Bertz CT molecular complexity index is 738. The standard InChI is InChI=1S/C14H11F4N3O/c1-8-7-20(13(22)12-4-5-19-21(8)12)9-2-3-10(11(15)6-9)14(16,17)18/h2-6,8H,7H2,1H3/t8-/m0/s1. The molecule has 1 aromatic carbocycles. The van der Waals surface area contributed by atoms with Crippen molar-refractivity contribution < 1.29 is 22.4 Å². The Kier molecular flexibility index (Phi) is 3.19. The molecule has 1 aliphatic heterocycles. The van der Waals surface area contributed by atoms with Crippen LogP contribution in [0.5, 0.6) is 0 Å². The zero-order valence-electron chi connectivity index (χ0n) is 11.4. The highest BCUT2D eigenvalue weighted by Gasteiger charge is 2.35. The molecule has 8 heteroatoms. The van der Waals surface area contributed by atoms with Crippen LogP contribution < -0.4 is 4.90 Å². The highest BCUT2D eigenvalue weighted by molar-refractivity contribution is 6.05. The minimum atomic E-state index is -4.76. The van der Waals surface area contributed by atoms with Crippen LogP contribution in [-0.2, 0) is 6.18 Å². The van der Waals surface area contributed by atoms with Crippen molar-refractivity contribution >= 4 is 11.6 Å². The number of halogens is 4. The maximum absolute atomic E-state index is 13.7. The van der Waals surface area contributed by atoms with Crippen molar-refractivity contribution in [3.8, 4) is 0 Å². The van der Waals surface area contributed by atoms with E-state index < -0.39 is 23.5 Å². The third-order valence-electron chi connectivity index (χ3n) is 3.57. The van der Waals surface area contributed by atoms with E-state index in [-0.39, 0.29) is 18.3 Å². The van der Waals surface area contributed by atoms with Crippen molar-refractivity contribution in [2.75, 3.05) is 11.4 Å². The third kappa shape index (κ3) is 2.24. The molecule has 4 nitrogen and oxygen atoms in total. The highest BCUT2D eigenvalue weighted by atomic mass is 19.4. The number of nitrogens with zero attached hydrogens (tertiary/aromatic N) is 3. The fourth-order valence-electron chi connectivity index (χ4n) is 2.52. The third-order valence-corrected chi connectivity index (χ3v) is 3.57. The fraction of sp³-hybridized carbons (Fsp3) is 0.286. The van der Waals surface area contributed by atoms with Crippen LogP contribution in [0.2, 0.25) is 0 Å². The van der Waals surface area contributed by atoms with E-state index in [1.807, 2.05) is 6.92 Å². The van der Waals surface area contributed by atoms with Gasteiger partial charge in [0, 0.05) is 18.4 Å². The molecule has 0 bridgehead atoms. The lowest BCUT2D eigenvalue weighted by Crippen LogP contribution is -2.42. The first-order valence-electron chi connectivity index (χ1n) is 6.51. The molecule has 0 spiro atoms. The van der Waals surface area contributed by atoms with E-state index in [1.54, 1.807) is 4.68 Å². The van der Waals surface area contributed by atoms with Gasteiger partial charge in [-0.15, -0.1) is 0 Å². The molecule has 0 radical (unpaired) electrons. The zero-order chi connectivity index (χ0) is 16.1. The number of aromatic nitrogens is 2. The summed E-state index contributed by atoms with van der Waals surface area (Å²) >= 11 is 0. The largest absolute Gasteiger partial charge is 0.419 e. The minimum Gasteiger partial charge on any atom is -0.305 e. The zero-order valence-corrected chi connectivity index (χ0v) is 11.4. The number of alkyl halides is 3. The van der Waals surface area contributed by atoms with Crippen LogP contribution in [0.4, 0.5) is 23.2 Å². The van der Waals surface area contributed by atoms with Crippen LogP contribution in [0.3, 0.4) is 0 Å². The Hall–Kier alpha value is -2.38. The molecule has 2 heterocycles. The maximum Gasteiger partial charge on any atom is 0.419 e. The lowest BCUT2D eigenvalue weighted by molar-refractivity contribution is -0.139. The summed E-state index contributed by atoms with van der Waals surface area (Å²) in [6.07, 6.45) is -3.29. The van der Waals surface area contributed by atoms with Crippen molar-refractivity contribution in [3.63, 3.8) is 0 Å². The second kappa shape index (κ2) is 4.82. The average Bonchev–Trinajstić information content (AvgIpc) is 2.91. The normalized spacial score (nSPS) is 18.5. The molecule has 116 valence electrons. The summed E-state index contributed by atoms with van der Waals surface area (Å²) in [6, 6.07) is 3.84. The number of fused-ring (bicyclic) bond motifs is 1. The van der Waals surface area contributed by atoms with Crippen LogP contribution >= 0.6 is 0 Å². The molecule has 22 heavy (non-hydrogen) atoms. The van der Waals surface area contributed by atoms with Gasteiger partial charge in [-0.25, -0.2) is 4.39 Å². The lowest BCUT2D eigenvalue weighted by Gasteiger charge is -2.32. The van der Waals surface area contributed by atoms with Crippen LogP contribution in [0.15, 0.2) is 30.5 Å². The first kappa shape index (κ1) is 14.6. The molecule has 0 fully saturated rings. The first-order chi connectivity index (χ1) is 10.3. The van der Waals surface area contributed by atoms with E-state index in [2.05, 4.69) is 5.10 Å². The molecule has 0 saturated carbocycles. The van der Waals surface area contributed by atoms with Gasteiger partial charge in [0.25, 0.3) is 5.91 Å². The molecule has 3 rings (SSSR count). The molecular formula is C14H11F4N3O. The molecule has 1 aromatic heterocycles. The van der Waals surface area contributed by atoms with Crippen molar-refractivity contribution in [1.29, 1.82) is 0 Å². The molecule has 0 saturated heterocycles. The summed E-state index contributed by atoms with van der Waals surface area (Å²) in [5, 5.41) is 4.03. The van der Waals surface area contributed by atoms with Crippen LogP contribution in [0.1, 0.15) is 29.0 Å². The van der Waals surface area contributed by atoms with Gasteiger partial charge in [-0.1, -0.05) is 0 Å². The maximum atomic E-state index is 13.7. The summed E-state index contributed by atoms with van der Waals surface area (Å²) in [5.74, 6) is -1.82. The smallest absolute Gasteiger partial charge is 0.305 e. The monoisotopic (exact) mass is 313 g/mol. The molecule has 0 unspecified atom stereocenters. The van der Waals surface area contributed by atoms with Gasteiger partial charge in [0.2, 0.25) is 0 Å². The molecule has 0 aliphatic carbocycles. The topological polar surface area (TPSA) is 38.1 Å². The van der Waals surface area contributed by atoms with Gasteiger partial charge in [-0.2, -0.15) is 18.3 Å². The van der Waals surface area contributed by atoms with E-state index >= 15 is 0 Å². The van der Waals surface area contributed by atoms with Crippen molar-refractivity contribution in [2.24, 2.45) is 0 Å². The molecule has 1 atom stereocenters. The van der Waals surface area contributed by atoms with E-state index in [0.29, 0.717) is 11.8 Å². The van der Waals surface area contributed by atoms with Gasteiger partial charge in [0.15, 0.2) is 0 Å². The van der Waals surface area contributed by atoms with Crippen LogP contribution in [0.25, 0.3) is 0 Å². The minimum absolute atomic E-state index is 0.0924. The van der Waals surface area contributed by atoms with Gasteiger partial charge in [-0.05, 0) is 31.2 Å². The first-order valence-corrected chi connectivity index (χ1v) is 6.51. The predicted octanol–water partition coefficient (Wildman–Crippen LogP) is 3.26. The van der Waals surface area contributed by atoms with Crippen LogP contribution in [-0.4, -0.2) is 22.2 Å². The SMILES string of the molecule is C[C@H]1CN(c2ccc(C(F)(F)F)c(F)c2)C(=O)c2ccnn21. The van der Waals surface area contributed by atoms with Gasteiger partial charge < -0.3 is 4.90 Å². The number of carbonyl (C=O) groups excluding carboxylic acids is 1. The second-order valence-electron chi connectivity index (χ2n) is 5.09. The van der Waals surface area contributed by atoms with Gasteiger partial charge >= 0.3 is 6.18 Å². The fourth-order valence-corrected chi connectivity index (χ4v) is 2.52. The van der Waals surface area contributed by atoms with E-state index in [0.717, 1.165) is 12.1 Å². The van der Waals surface area contributed by atoms with Crippen molar-refractivity contribution in [3.05, 3.63) is 47.5 Å². The number of anilines is 1. The van der Waals surface area contributed by atoms with Gasteiger partial charge in [0.1, 0.15) is 11.5 Å².